The number of hydrogen-bond acceptors (Lipinski definition) is 3. The van der Waals surface area contributed by atoms with E-state index in [0.29, 0.717) is 5.54 Å². The van der Waals surface area contributed by atoms with Crippen LogP contribution < -0.4 is 5.32 Å². The Morgan fingerprint density at radius 2 is 2.18 bits per heavy atom. The van der Waals surface area contributed by atoms with Crippen LogP contribution in [-0.2, 0) is 6.54 Å². The summed E-state index contributed by atoms with van der Waals surface area (Å²) >= 11 is 5.44. The third-order valence-electron chi connectivity index (χ3n) is 4.19. The van der Waals surface area contributed by atoms with Gasteiger partial charge in [0, 0.05) is 36.6 Å². The quantitative estimate of drug-likeness (QED) is 0.901. The van der Waals surface area contributed by atoms with Gasteiger partial charge in [-0.1, -0.05) is 12.8 Å². The number of hydrogen-bond donors (Lipinski definition) is 1. The topological polar surface area (TPSA) is 15.3 Å². The Labute approximate surface area is 116 Å². The number of piperazine rings is 1. The molecule has 1 saturated heterocycles. The molecule has 2 nitrogen and oxygen atoms in total. The van der Waals surface area contributed by atoms with Gasteiger partial charge >= 0.3 is 0 Å². The number of thiophene rings is 1. The molecule has 1 saturated carbocycles. The van der Waals surface area contributed by atoms with Crippen LogP contribution in [0, 0.1) is 0 Å². The molecule has 1 aliphatic carbocycles. The minimum Gasteiger partial charge on any atom is -0.314 e. The highest BCUT2D eigenvalue weighted by Crippen LogP contribution is 2.37. The third kappa shape index (κ3) is 2.46. The van der Waals surface area contributed by atoms with Crippen LogP contribution in [0.1, 0.15) is 30.6 Å². The lowest BCUT2D eigenvalue weighted by atomic mass is 9.92. The highest BCUT2D eigenvalue weighted by Gasteiger charge is 2.40. The number of nitrogens with zero attached hydrogens (tertiary/aromatic N) is 1. The molecule has 1 aliphatic heterocycles. The summed E-state index contributed by atoms with van der Waals surface area (Å²) < 4.78 is 1.25. The van der Waals surface area contributed by atoms with Crippen molar-refractivity contribution in [2.24, 2.45) is 0 Å². The van der Waals surface area contributed by atoms with Gasteiger partial charge < -0.3 is 5.32 Å². The highest BCUT2D eigenvalue weighted by molar-refractivity contribution is 9.11. The standard InChI is InChI=1S/C13H19BrN2S/c14-12-4-3-11(17-12)9-16-8-7-15-10-13(16)5-1-2-6-13/h3-4,15H,1-2,5-10H2. The first-order valence-electron chi connectivity index (χ1n) is 6.49. The first kappa shape index (κ1) is 12.2. The van der Waals surface area contributed by atoms with Crippen molar-refractivity contribution in [1.29, 1.82) is 0 Å². The van der Waals surface area contributed by atoms with E-state index in [-0.39, 0.29) is 0 Å². The molecule has 1 spiro atoms. The fraction of sp³-hybridized carbons (Fsp3) is 0.692. The zero-order chi connectivity index (χ0) is 11.7. The first-order valence-corrected chi connectivity index (χ1v) is 8.09. The molecule has 0 unspecified atom stereocenters. The van der Waals surface area contributed by atoms with Crippen molar-refractivity contribution in [1.82, 2.24) is 10.2 Å². The van der Waals surface area contributed by atoms with Crippen LogP contribution in [0.5, 0.6) is 0 Å². The summed E-state index contributed by atoms with van der Waals surface area (Å²) in [6, 6.07) is 4.43. The van der Waals surface area contributed by atoms with Crippen LogP contribution in [0.25, 0.3) is 0 Å². The molecule has 0 amide bonds. The van der Waals surface area contributed by atoms with E-state index < -0.39 is 0 Å². The van der Waals surface area contributed by atoms with Crippen molar-refractivity contribution in [3.05, 3.63) is 20.8 Å². The lowest BCUT2D eigenvalue weighted by Crippen LogP contribution is -2.59. The average Bonchev–Trinajstić information content (AvgIpc) is 2.93. The van der Waals surface area contributed by atoms with E-state index in [1.54, 1.807) is 0 Å². The van der Waals surface area contributed by atoms with Gasteiger partial charge in [-0.3, -0.25) is 4.90 Å². The largest absolute Gasteiger partial charge is 0.314 e. The van der Waals surface area contributed by atoms with Crippen molar-refractivity contribution in [3.8, 4) is 0 Å². The summed E-state index contributed by atoms with van der Waals surface area (Å²) in [6.07, 6.45) is 5.58. The molecule has 1 N–H and O–H groups in total. The molecule has 94 valence electrons. The van der Waals surface area contributed by atoms with Gasteiger partial charge in [-0.05, 0) is 40.9 Å². The van der Waals surface area contributed by atoms with Crippen LogP contribution in [0.3, 0.4) is 0 Å². The SMILES string of the molecule is Brc1ccc(CN2CCNCC23CCCC3)s1. The lowest BCUT2D eigenvalue weighted by molar-refractivity contribution is 0.0582. The molecule has 1 aromatic rings. The fourth-order valence-electron chi connectivity index (χ4n) is 3.28. The number of halogens is 1. The molecular formula is C13H19BrN2S. The van der Waals surface area contributed by atoms with E-state index in [9.17, 15) is 0 Å². The van der Waals surface area contributed by atoms with Crippen LogP contribution in [0.15, 0.2) is 15.9 Å². The predicted molar refractivity (Wildman–Crippen MR) is 76.5 cm³/mol. The number of nitrogens with one attached hydrogen (secondary N) is 1. The van der Waals surface area contributed by atoms with Crippen LogP contribution in [-0.4, -0.2) is 30.1 Å². The van der Waals surface area contributed by atoms with E-state index in [2.05, 4.69) is 38.3 Å². The normalized spacial score (nSPS) is 24.5. The summed E-state index contributed by atoms with van der Waals surface area (Å²) in [5.41, 5.74) is 0.467. The van der Waals surface area contributed by atoms with E-state index >= 15 is 0 Å². The van der Waals surface area contributed by atoms with Gasteiger partial charge in [-0.15, -0.1) is 11.3 Å². The maximum absolute atomic E-state index is 3.59. The van der Waals surface area contributed by atoms with Gasteiger partial charge in [0.15, 0.2) is 0 Å². The zero-order valence-electron chi connectivity index (χ0n) is 10.0. The minimum atomic E-state index is 0.467. The molecule has 4 heteroatoms. The van der Waals surface area contributed by atoms with E-state index in [0.717, 1.165) is 13.1 Å². The molecule has 2 aliphatic rings. The van der Waals surface area contributed by atoms with E-state index in [4.69, 9.17) is 0 Å². The third-order valence-corrected chi connectivity index (χ3v) is 5.80. The maximum Gasteiger partial charge on any atom is 0.0701 e. The zero-order valence-corrected chi connectivity index (χ0v) is 12.4. The van der Waals surface area contributed by atoms with Gasteiger partial charge in [0.2, 0.25) is 0 Å². The van der Waals surface area contributed by atoms with Gasteiger partial charge in [0.05, 0.1) is 3.79 Å². The highest BCUT2D eigenvalue weighted by atomic mass is 79.9. The minimum absolute atomic E-state index is 0.467. The molecule has 2 fully saturated rings. The molecule has 0 aromatic carbocycles. The summed E-state index contributed by atoms with van der Waals surface area (Å²) in [7, 11) is 0. The predicted octanol–water partition coefficient (Wildman–Crippen LogP) is 3.23. The van der Waals surface area contributed by atoms with E-state index in [1.807, 2.05) is 11.3 Å². The number of rotatable bonds is 2. The van der Waals surface area contributed by atoms with Crippen LogP contribution in [0.4, 0.5) is 0 Å². The second-order valence-electron chi connectivity index (χ2n) is 5.24. The van der Waals surface area contributed by atoms with Crippen LogP contribution >= 0.6 is 27.3 Å². The summed E-state index contributed by atoms with van der Waals surface area (Å²) in [5.74, 6) is 0. The van der Waals surface area contributed by atoms with Crippen molar-refractivity contribution in [3.63, 3.8) is 0 Å². The summed E-state index contributed by atoms with van der Waals surface area (Å²) in [4.78, 5) is 4.22. The Balaban J connectivity index is 1.75. The molecule has 0 atom stereocenters. The molecular weight excluding hydrogens is 296 g/mol. The van der Waals surface area contributed by atoms with Gasteiger partial charge in [-0.2, -0.15) is 0 Å². The Bertz CT molecular complexity index is 385. The smallest absolute Gasteiger partial charge is 0.0701 e. The van der Waals surface area contributed by atoms with Gasteiger partial charge in [0.25, 0.3) is 0 Å². The second kappa shape index (κ2) is 5.00. The summed E-state index contributed by atoms with van der Waals surface area (Å²) in [6.45, 7) is 4.68. The van der Waals surface area contributed by atoms with E-state index in [1.165, 1.54) is 47.4 Å². The Morgan fingerprint density at radius 3 is 2.88 bits per heavy atom. The van der Waals surface area contributed by atoms with Gasteiger partial charge in [-0.25, -0.2) is 0 Å². The Kier molecular flexibility index (Phi) is 3.57. The molecule has 17 heavy (non-hydrogen) atoms. The van der Waals surface area contributed by atoms with Crippen molar-refractivity contribution >= 4 is 27.3 Å². The Hall–Kier alpha value is 0.1000. The second-order valence-corrected chi connectivity index (χ2v) is 7.78. The lowest BCUT2D eigenvalue weighted by Gasteiger charge is -2.45. The van der Waals surface area contributed by atoms with Crippen molar-refractivity contribution in [2.45, 2.75) is 37.8 Å². The average molecular weight is 315 g/mol. The first-order chi connectivity index (χ1) is 8.28. The fourth-order valence-corrected chi connectivity index (χ4v) is 4.78. The molecule has 2 heterocycles. The maximum atomic E-state index is 3.59. The van der Waals surface area contributed by atoms with Crippen LogP contribution in [0.2, 0.25) is 0 Å². The molecule has 0 radical (unpaired) electrons. The molecule has 1 aromatic heterocycles. The van der Waals surface area contributed by atoms with Crippen molar-refractivity contribution in [2.75, 3.05) is 19.6 Å². The monoisotopic (exact) mass is 314 g/mol. The van der Waals surface area contributed by atoms with Crippen molar-refractivity contribution < 1.29 is 0 Å². The Morgan fingerprint density at radius 1 is 1.35 bits per heavy atom. The molecule has 3 rings (SSSR count). The summed E-state index contributed by atoms with van der Waals surface area (Å²) in [5, 5.41) is 3.59. The molecule has 0 bridgehead atoms. The van der Waals surface area contributed by atoms with Gasteiger partial charge in [0.1, 0.15) is 0 Å².